The van der Waals surface area contributed by atoms with Crippen LogP contribution in [0.2, 0.25) is 0 Å². The van der Waals surface area contributed by atoms with Gasteiger partial charge in [0.25, 0.3) is 0 Å². The van der Waals surface area contributed by atoms with Gasteiger partial charge in [0.05, 0.1) is 13.7 Å². The first-order valence-electron chi connectivity index (χ1n) is 6.80. The predicted octanol–water partition coefficient (Wildman–Crippen LogP) is 1.69. The maximum Gasteiger partial charge on any atom is 0.238 e. The van der Waals surface area contributed by atoms with E-state index in [1.807, 2.05) is 36.2 Å². The molecule has 1 amide bonds. The minimum atomic E-state index is -0.156. The Morgan fingerprint density at radius 2 is 2.00 bits per heavy atom. The molecule has 0 bridgehead atoms. The summed E-state index contributed by atoms with van der Waals surface area (Å²) in [5, 5.41) is 2.87. The number of ether oxygens (including phenoxy) is 1. The molecule has 5 nitrogen and oxygen atoms in total. The Balaban J connectivity index is 2.58. The van der Waals surface area contributed by atoms with Gasteiger partial charge < -0.3 is 15.8 Å². The molecule has 1 atom stereocenters. The number of nitrogens with one attached hydrogen (secondary N) is 1. The summed E-state index contributed by atoms with van der Waals surface area (Å²) in [5.41, 5.74) is 6.40. The average Bonchev–Trinajstić information content (AvgIpc) is 2.46. The fourth-order valence-corrected chi connectivity index (χ4v) is 1.85. The standard InChI is InChI=1S/C15H25N3O2/c1-5-15(2,11-16)18(3)10-14(19)17-12-6-8-13(20-4)9-7-12/h6-9H,5,10-11,16H2,1-4H3,(H,17,19). The Hall–Kier alpha value is -1.59. The third-order valence-electron chi connectivity index (χ3n) is 3.88. The summed E-state index contributed by atoms with van der Waals surface area (Å²) in [6.45, 7) is 4.97. The smallest absolute Gasteiger partial charge is 0.238 e. The number of methoxy groups -OCH3 is 1. The van der Waals surface area contributed by atoms with E-state index in [0.29, 0.717) is 13.1 Å². The summed E-state index contributed by atoms with van der Waals surface area (Å²) in [6.07, 6.45) is 0.899. The maximum atomic E-state index is 12.0. The highest BCUT2D eigenvalue weighted by atomic mass is 16.5. The van der Waals surface area contributed by atoms with Gasteiger partial charge >= 0.3 is 0 Å². The van der Waals surface area contributed by atoms with Crippen molar-refractivity contribution in [3.8, 4) is 5.75 Å². The van der Waals surface area contributed by atoms with Gasteiger partial charge in [0.2, 0.25) is 5.91 Å². The first kappa shape index (κ1) is 16.5. The second-order valence-corrected chi connectivity index (χ2v) is 5.19. The molecule has 5 heteroatoms. The van der Waals surface area contributed by atoms with E-state index in [1.54, 1.807) is 7.11 Å². The van der Waals surface area contributed by atoms with E-state index in [-0.39, 0.29) is 11.4 Å². The van der Waals surface area contributed by atoms with Crippen molar-refractivity contribution in [1.82, 2.24) is 4.90 Å². The number of benzene rings is 1. The zero-order valence-electron chi connectivity index (χ0n) is 12.8. The minimum absolute atomic E-state index is 0.0502. The van der Waals surface area contributed by atoms with Crippen LogP contribution in [0.5, 0.6) is 5.75 Å². The van der Waals surface area contributed by atoms with Gasteiger partial charge in [-0.15, -0.1) is 0 Å². The molecule has 20 heavy (non-hydrogen) atoms. The van der Waals surface area contributed by atoms with Crippen molar-refractivity contribution >= 4 is 11.6 Å². The molecule has 0 aliphatic carbocycles. The van der Waals surface area contributed by atoms with Crippen molar-refractivity contribution < 1.29 is 9.53 Å². The van der Waals surface area contributed by atoms with Crippen LogP contribution >= 0.6 is 0 Å². The van der Waals surface area contributed by atoms with E-state index in [0.717, 1.165) is 17.9 Å². The van der Waals surface area contributed by atoms with Crippen LogP contribution in [-0.4, -0.2) is 43.6 Å². The summed E-state index contributed by atoms with van der Waals surface area (Å²) in [6, 6.07) is 7.27. The van der Waals surface area contributed by atoms with Gasteiger partial charge in [-0.05, 0) is 44.7 Å². The summed E-state index contributed by atoms with van der Waals surface area (Å²) >= 11 is 0. The fourth-order valence-electron chi connectivity index (χ4n) is 1.85. The first-order valence-corrected chi connectivity index (χ1v) is 6.80. The van der Waals surface area contributed by atoms with Crippen LogP contribution in [0, 0.1) is 0 Å². The molecule has 112 valence electrons. The fraction of sp³-hybridized carbons (Fsp3) is 0.533. The van der Waals surface area contributed by atoms with Gasteiger partial charge in [-0.3, -0.25) is 9.69 Å². The Labute approximate surface area is 121 Å². The van der Waals surface area contributed by atoms with Gasteiger partial charge in [-0.1, -0.05) is 6.92 Å². The predicted molar refractivity (Wildman–Crippen MR) is 82.0 cm³/mol. The topological polar surface area (TPSA) is 67.6 Å². The van der Waals surface area contributed by atoms with Crippen molar-refractivity contribution in [2.45, 2.75) is 25.8 Å². The summed E-state index contributed by atoms with van der Waals surface area (Å²) in [7, 11) is 3.53. The molecule has 0 radical (unpaired) electrons. The van der Waals surface area contributed by atoms with Gasteiger partial charge in [0, 0.05) is 17.8 Å². The van der Waals surface area contributed by atoms with Crippen molar-refractivity contribution in [2.75, 3.05) is 32.6 Å². The molecule has 0 aliphatic rings. The van der Waals surface area contributed by atoms with E-state index in [1.165, 1.54) is 0 Å². The molecular weight excluding hydrogens is 254 g/mol. The van der Waals surface area contributed by atoms with Crippen LogP contribution in [0.3, 0.4) is 0 Å². The summed E-state index contributed by atoms with van der Waals surface area (Å²) in [4.78, 5) is 14.0. The highest BCUT2D eigenvalue weighted by Crippen LogP contribution is 2.17. The third-order valence-corrected chi connectivity index (χ3v) is 3.88. The average molecular weight is 279 g/mol. The normalized spacial score (nSPS) is 13.9. The van der Waals surface area contributed by atoms with Crippen LogP contribution in [0.25, 0.3) is 0 Å². The maximum absolute atomic E-state index is 12.0. The zero-order valence-corrected chi connectivity index (χ0v) is 12.8. The van der Waals surface area contributed by atoms with Crippen molar-refractivity contribution in [3.05, 3.63) is 24.3 Å². The second-order valence-electron chi connectivity index (χ2n) is 5.19. The summed E-state index contributed by atoms with van der Waals surface area (Å²) in [5.74, 6) is 0.715. The Morgan fingerprint density at radius 3 is 2.45 bits per heavy atom. The minimum Gasteiger partial charge on any atom is -0.497 e. The second kappa shape index (κ2) is 7.26. The lowest BCUT2D eigenvalue weighted by molar-refractivity contribution is -0.118. The van der Waals surface area contributed by atoms with E-state index >= 15 is 0 Å². The first-order chi connectivity index (χ1) is 9.45. The SMILES string of the molecule is CCC(C)(CN)N(C)CC(=O)Nc1ccc(OC)cc1. The summed E-state index contributed by atoms with van der Waals surface area (Å²) < 4.78 is 5.08. The van der Waals surface area contributed by atoms with E-state index < -0.39 is 0 Å². The Bertz CT molecular complexity index is 427. The molecule has 0 aromatic heterocycles. The number of rotatable bonds is 7. The van der Waals surface area contributed by atoms with Gasteiger partial charge in [0.15, 0.2) is 0 Å². The molecule has 0 saturated carbocycles. The van der Waals surface area contributed by atoms with Crippen LogP contribution < -0.4 is 15.8 Å². The molecule has 1 aromatic carbocycles. The Kier molecular flexibility index (Phi) is 5.98. The number of hydrogen-bond donors (Lipinski definition) is 2. The van der Waals surface area contributed by atoms with Crippen LogP contribution in [0.1, 0.15) is 20.3 Å². The molecule has 1 unspecified atom stereocenters. The lowest BCUT2D eigenvalue weighted by Crippen LogP contribution is -2.51. The number of hydrogen-bond acceptors (Lipinski definition) is 4. The number of amides is 1. The van der Waals surface area contributed by atoms with Crippen molar-refractivity contribution in [2.24, 2.45) is 5.73 Å². The van der Waals surface area contributed by atoms with Crippen LogP contribution in [0.15, 0.2) is 24.3 Å². The largest absolute Gasteiger partial charge is 0.497 e. The Morgan fingerprint density at radius 1 is 1.40 bits per heavy atom. The number of carbonyl (C=O) groups is 1. The molecule has 0 aliphatic heterocycles. The van der Waals surface area contributed by atoms with Gasteiger partial charge in [-0.25, -0.2) is 0 Å². The quantitative estimate of drug-likeness (QED) is 0.797. The van der Waals surface area contributed by atoms with E-state index in [2.05, 4.69) is 19.2 Å². The highest BCUT2D eigenvalue weighted by Gasteiger charge is 2.26. The molecule has 0 saturated heterocycles. The molecule has 1 rings (SSSR count). The molecular formula is C15H25N3O2. The van der Waals surface area contributed by atoms with Crippen molar-refractivity contribution in [3.63, 3.8) is 0 Å². The zero-order chi connectivity index (χ0) is 15.2. The number of likely N-dealkylation sites (N-methyl/N-ethyl adjacent to an activating group) is 1. The lowest BCUT2D eigenvalue weighted by Gasteiger charge is -2.36. The monoisotopic (exact) mass is 279 g/mol. The van der Waals surface area contributed by atoms with Crippen LogP contribution in [0.4, 0.5) is 5.69 Å². The van der Waals surface area contributed by atoms with Crippen molar-refractivity contribution in [1.29, 1.82) is 0 Å². The third kappa shape index (κ3) is 4.21. The molecule has 0 spiro atoms. The lowest BCUT2D eigenvalue weighted by atomic mass is 9.97. The van der Waals surface area contributed by atoms with E-state index in [4.69, 9.17) is 10.5 Å². The number of nitrogens with zero attached hydrogens (tertiary/aromatic N) is 1. The highest BCUT2D eigenvalue weighted by molar-refractivity contribution is 5.92. The van der Waals surface area contributed by atoms with E-state index in [9.17, 15) is 4.79 Å². The number of carbonyl (C=O) groups excluding carboxylic acids is 1. The molecule has 0 fully saturated rings. The number of anilines is 1. The van der Waals surface area contributed by atoms with Gasteiger partial charge in [0.1, 0.15) is 5.75 Å². The molecule has 0 heterocycles. The van der Waals surface area contributed by atoms with Gasteiger partial charge in [-0.2, -0.15) is 0 Å². The van der Waals surface area contributed by atoms with Crippen LogP contribution in [-0.2, 0) is 4.79 Å². The number of nitrogens with two attached hydrogens (primary N) is 1. The molecule has 1 aromatic rings. The molecule has 3 N–H and O–H groups in total.